The van der Waals surface area contributed by atoms with Crippen LogP contribution in [0.25, 0.3) is 0 Å². The third kappa shape index (κ3) is 3.00. The Hall–Kier alpha value is -1.45. The highest BCUT2D eigenvalue weighted by molar-refractivity contribution is 7.90. The lowest BCUT2D eigenvalue weighted by atomic mass is 10.1. The summed E-state index contributed by atoms with van der Waals surface area (Å²) < 4.78 is 49.6. The number of carboxylic acid groups (broad SMARTS) is 1. The zero-order chi connectivity index (χ0) is 15.1. The van der Waals surface area contributed by atoms with Crippen LogP contribution in [-0.4, -0.2) is 37.6 Å². The van der Waals surface area contributed by atoms with E-state index in [0.29, 0.717) is 12.8 Å². The van der Waals surface area contributed by atoms with E-state index in [1.165, 1.54) is 0 Å². The molecule has 2 fully saturated rings. The number of sulfonamides is 1. The molecule has 0 heterocycles. The molecular weight excluding hydrogens is 298 g/mol. The molecule has 2 atom stereocenters. The molecule has 0 spiro atoms. The summed E-state index contributed by atoms with van der Waals surface area (Å²) in [5.41, 5.74) is -1.82. The highest BCUT2D eigenvalue weighted by Gasteiger charge is 2.61. The van der Waals surface area contributed by atoms with Crippen molar-refractivity contribution in [2.45, 2.75) is 42.9 Å². The fraction of sp³-hybridized carbons (Fsp3) is 0.800. The molecule has 0 radical (unpaired) electrons. The van der Waals surface area contributed by atoms with Gasteiger partial charge < -0.3 is 15.2 Å². The van der Waals surface area contributed by atoms with Crippen LogP contribution >= 0.6 is 0 Å². The van der Waals surface area contributed by atoms with E-state index < -0.39 is 51.6 Å². The molecule has 0 saturated heterocycles. The molecule has 2 aliphatic carbocycles. The summed E-state index contributed by atoms with van der Waals surface area (Å²) in [6.45, 7) is 0. The Labute approximate surface area is 113 Å². The van der Waals surface area contributed by atoms with E-state index in [4.69, 9.17) is 0 Å². The Bertz CT molecular complexity index is 534. The summed E-state index contributed by atoms with van der Waals surface area (Å²) in [6.07, 6.45) is -4.53. The van der Waals surface area contributed by atoms with Crippen molar-refractivity contribution < 1.29 is 31.9 Å². The van der Waals surface area contributed by atoms with Crippen molar-refractivity contribution in [1.29, 1.82) is 0 Å². The van der Waals surface area contributed by atoms with Gasteiger partial charge in [0.25, 0.3) is 5.91 Å². The van der Waals surface area contributed by atoms with E-state index in [2.05, 4.69) is 0 Å². The van der Waals surface area contributed by atoms with Crippen LogP contribution in [0.1, 0.15) is 25.7 Å². The first-order chi connectivity index (χ1) is 9.17. The van der Waals surface area contributed by atoms with Gasteiger partial charge in [0.05, 0.1) is 5.25 Å². The molecule has 2 amide bonds. The van der Waals surface area contributed by atoms with Crippen molar-refractivity contribution in [3.05, 3.63) is 0 Å². The number of hydrogen-bond acceptors (Lipinski definition) is 5. The van der Waals surface area contributed by atoms with Crippen LogP contribution in [0, 0.1) is 5.92 Å². The fourth-order valence-corrected chi connectivity index (χ4v) is 3.55. The van der Waals surface area contributed by atoms with Gasteiger partial charge >= 0.3 is 0 Å². The standard InChI is InChI=1S/C10H14F2N2O5S/c11-7(12)3-5-4-10(5,13-9(16)17)8(15)14-20(18,19)6-1-2-6/h5-7,13H,1-4H2,(H,14,15)(H,16,17)/p-1/t5-,10-/m1/s1. The molecule has 7 nitrogen and oxygen atoms in total. The molecule has 2 aliphatic rings. The third-order valence-electron chi connectivity index (χ3n) is 3.50. The second-order valence-electron chi connectivity index (χ2n) is 5.09. The molecule has 114 valence electrons. The van der Waals surface area contributed by atoms with Gasteiger partial charge in [-0.25, -0.2) is 17.2 Å². The van der Waals surface area contributed by atoms with Crippen molar-refractivity contribution in [3.63, 3.8) is 0 Å². The van der Waals surface area contributed by atoms with E-state index in [9.17, 15) is 31.9 Å². The number of alkyl halides is 2. The van der Waals surface area contributed by atoms with Crippen LogP contribution in [0.2, 0.25) is 0 Å². The van der Waals surface area contributed by atoms with E-state index >= 15 is 0 Å². The van der Waals surface area contributed by atoms with Crippen molar-refractivity contribution in [1.82, 2.24) is 10.0 Å². The lowest BCUT2D eigenvalue weighted by Gasteiger charge is -2.20. The zero-order valence-corrected chi connectivity index (χ0v) is 11.1. The van der Waals surface area contributed by atoms with Crippen molar-refractivity contribution >= 4 is 22.0 Å². The van der Waals surface area contributed by atoms with Gasteiger partial charge in [-0.1, -0.05) is 0 Å². The summed E-state index contributed by atoms with van der Waals surface area (Å²) in [5.74, 6) is -2.05. The average Bonchev–Trinajstić information content (AvgIpc) is 3.10. The van der Waals surface area contributed by atoms with Gasteiger partial charge in [-0.3, -0.25) is 9.52 Å². The van der Waals surface area contributed by atoms with Gasteiger partial charge in [-0.15, -0.1) is 0 Å². The average molecular weight is 311 g/mol. The van der Waals surface area contributed by atoms with Gasteiger partial charge in [0.15, 0.2) is 0 Å². The maximum Gasteiger partial charge on any atom is 0.259 e. The number of nitrogens with one attached hydrogen (secondary N) is 2. The Morgan fingerprint density at radius 3 is 2.40 bits per heavy atom. The maximum atomic E-state index is 12.3. The van der Waals surface area contributed by atoms with Crippen LogP contribution < -0.4 is 15.1 Å². The molecule has 0 aliphatic heterocycles. The Kier molecular flexibility index (Phi) is 3.61. The molecule has 0 unspecified atom stereocenters. The topological polar surface area (TPSA) is 115 Å². The minimum atomic E-state index is -3.86. The summed E-state index contributed by atoms with van der Waals surface area (Å²) in [6, 6.07) is 0. The predicted octanol–water partition coefficient (Wildman–Crippen LogP) is -1.06. The fourth-order valence-electron chi connectivity index (χ4n) is 2.18. The van der Waals surface area contributed by atoms with Gasteiger partial charge in [-0.2, -0.15) is 0 Å². The van der Waals surface area contributed by atoms with Crippen molar-refractivity contribution in [2.75, 3.05) is 0 Å². The second-order valence-corrected chi connectivity index (χ2v) is 7.05. The Morgan fingerprint density at radius 2 is 1.95 bits per heavy atom. The molecule has 0 aromatic rings. The number of carbonyl (C=O) groups excluding carboxylic acids is 2. The number of amides is 2. The van der Waals surface area contributed by atoms with E-state index in [0.717, 1.165) is 0 Å². The number of rotatable bonds is 6. The smallest absolute Gasteiger partial charge is 0.259 e. The number of carbonyl (C=O) groups is 2. The normalized spacial score (nSPS) is 29.1. The van der Waals surface area contributed by atoms with E-state index in [1.807, 2.05) is 0 Å². The Morgan fingerprint density at radius 1 is 1.35 bits per heavy atom. The van der Waals surface area contributed by atoms with Crippen LogP contribution in [0.4, 0.5) is 13.6 Å². The van der Waals surface area contributed by atoms with Gasteiger partial charge in [-0.05, 0) is 25.2 Å². The summed E-state index contributed by atoms with van der Waals surface area (Å²) >= 11 is 0. The molecule has 20 heavy (non-hydrogen) atoms. The first-order valence-electron chi connectivity index (χ1n) is 6.01. The molecular formula is C10H13F2N2O5S-. The molecule has 2 rings (SSSR count). The monoisotopic (exact) mass is 311 g/mol. The van der Waals surface area contributed by atoms with Crippen LogP contribution in [0.5, 0.6) is 0 Å². The highest BCUT2D eigenvalue weighted by atomic mass is 32.2. The van der Waals surface area contributed by atoms with Gasteiger partial charge in [0.1, 0.15) is 11.6 Å². The van der Waals surface area contributed by atoms with Crippen LogP contribution in [0.15, 0.2) is 0 Å². The SMILES string of the molecule is O=C([O-])N[C@]1(C(=O)NS(=O)(=O)C2CC2)C[C@H]1CC(F)F. The van der Waals surface area contributed by atoms with Crippen molar-refractivity contribution in [2.24, 2.45) is 5.92 Å². The molecule has 0 aromatic heterocycles. The highest BCUT2D eigenvalue weighted by Crippen LogP contribution is 2.47. The summed E-state index contributed by atoms with van der Waals surface area (Å²) in [4.78, 5) is 22.5. The zero-order valence-electron chi connectivity index (χ0n) is 10.3. The quantitative estimate of drug-likeness (QED) is 0.649. The lowest BCUT2D eigenvalue weighted by molar-refractivity contribution is -0.252. The summed E-state index contributed by atoms with van der Waals surface area (Å²) in [7, 11) is -3.86. The lowest BCUT2D eigenvalue weighted by Crippen LogP contribution is -2.55. The predicted molar refractivity (Wildman–Crippen MR) is 60.1 cm³/mol. The minimum absolute atomic E-state index is 0.169. The molecule has 2 saturated carbocycles. The van der Waals surface area contributed by atoms with E-state index in [-0.39, 0.29) is 6.42 Å². The van der Waals surface area contributed by atoms with Crippen LogP contribution in [0.3, 0.4) is 0 Å². The first kappa shape index (κ1) is 14.9. The van der Waals surface area contributed by atoms with Crippen molar-refractivity contribution in [3.8, 4) is 0 Å². The first-order valence-corrected chi connectivity index (χ1v) is 7.55. The minimum Gasteiger partial charge on any atom is -0.530 e. The molecule has 0 bridgehead atoms. The molecule has 2 N–H and O–H groups in total. The summed E-state index contributed by atoms with van der Waals surface area (Å²) in [5, 5.41) is 11.7. The van der Waals surface area contributed by atoms with Crippen LogP contribution in [-0.2, 0) is 14.8 Å². The second kappa shape index (κ2) is 4.83. The third-order valence-corrected chi connectivity index (χ3v) is 5.32. The van der Waals surface area contributed by atoms with E-state index in [1.54, 1.807) is 10.0 Å². The molecule has 0 aromatic carbocycles. The largest absolute Gasteiger partial charge is 0.530 e. The van der Waals surface area contributed by atoms with Gasteiger partial charge in [0.2, 0.25) is 16.4 Å². The molecule has 10 heteroatoms. The number of halogens is 2. The van der Waals surface area contributed by atoms with Gasteiger partial charge in [0, 0.05) is 6.42 Å². The number of hydrogen-bond donors (Lipinski definition) is 2. The maximum absolute atomic E-state index is 12.3. The Balaban J connectivity index is 2.08.